The normalized spacial score (nSPS) is 15.5. The third kappa shape index (κ3) is 0.727. The van der Waals surface area contributed by atoms with Gasteiger partial charge in [-0.1, -0.05) is 0 Å². The Balaban J connectivity index is 2.43. The van der Waals surface area contributed by atoms with Crippen LogP contribution in [0.2, 0.25) is 0 Å². The Hall–Kier alpha value is -1.18. The molecule has 0 N–H and O–H groups in total. The Morgan fingerprint density at radius 2 is 2.50 bits per heavy atom. The lowest BCUT2D eigenvalue weighted by Crippen LogP contribution is -2.12. The van der Waals surface area contributed by atoms with Crippen LogP contribution in [0, 0.1) is 0 Å². The topological polar surface area (TPSA) is 16.4 Å². The fraction of sp³-hybridized carbons (Fsp3) is 0.250. The van der Waals surface area contributed by atoms with Crippen molar-refractivity contribution in [2.24, 2.45) is 0 Å². The maximum atomic E-state index is 5.23. The van der Waals surface area contributed by atoms with Gasteiger partial charge < -0.3 is 9.32 Å². The van der Waals surface area contributed by atoms with Crippen LogP contribution >= 0.6 is 0 Å². The molecule has 0 bridgehead atoms. The van der Waals surface area contributed by atoms with Crippen molar-refractivity contribution in [3.63, 3.8) is 0 Å². The molecule has 0 radical (unpaired) electrons. The van der Waals surface area contributed by atoms with Gasteiger partial charge in [-0.05, 0) is 18.3 Å². The van der Waals surface area contributed by atoms with Crippen LogP contribution in [0.3, 0.4) is 0 Å². The molecule has 2 heteroatoms. The van der Waals surface area contributed by atoms with Gasteiger partial charge in [0, 0.05) is 12.6 Å². The smallest absolute Gasteiger partial charge is 0.130 e. The molecule has 2 nitrogen and oxygen atoms in total. The number of hydrogen-bond acceptors (Lipinski definition) is 2. The Morgan fingerprint density at radius 3 is 3.40 bits per heavy atom. The zero-order chi connectivity index (χ0) is 6.97. The van der Waals surface area contributed by atoms with Crippen LogP contribution in [0.25, 0.3) is 6.08 Å². The highest BCUT2D eigenvalue weighted by Gasteiger charge is 2.08. The second-order valence-electron chi connectivity index (χ2n) is 2.53. The summed E-state index contributed by atoms with van der Waals surface area (Å²) in [5.74, 6) is 1.06. The number of fused-ring (bicyclic) bond motifs is 1. The second kappa shape index (κ2) is 1.90. The Morgan fingerprint density at radius 1 is 1.60 bits per heavy atom. The van der Waals surface area contributed by atoms with Crippen molar-refractivity contribution in [3.05, 3.63) is 29.9 Å². The first-order valence-corrected chi connectivity index (χ1v) is 3.31. The fourth-order valence-electron chi connectivity index (χ4n) is 1.11. The average Bonchev–Trinajstić information content (AvgIpc) is 2.33. The van der Waals surface area contributed by atoms with E-state index in [1.165, 1.54) is 5.56 Å². The average molecular weight is 135 g/mol. The summed E-state index contributed by atoms with van der Waals surface area (Å²) in [6.07, 6.45) is 5.84. The van der Waals surface area contributed by atoms with Gasteiger partial charge in [-0.25, -0.2) is 0 Å². The molecule has 1 aliphatic rings. The molecule has 0 atom stereocenters. The molecular formula is C8H9NO. The highest BCUT2D eigenvalue weighted by atomic mass is 16.3. The summed E-state index contributed by atoms with van der Waals surface area (Å²) in [5.41, 5.74) is 1.21. The molecule has 1 aromatic heterocycles. The quantitative estimate of drug-likeness (QED) is 0.538. The number of furan rings is 1. The minimum Gasteiger partial charge on any atom is -0.467 e. The fourth-order valence-corrected chi connectivity index (χ4v) is 1.11. The molecule has 0 spiro atoms. The second-order valence-corrected chi connectivity index (χ2v) is 2.53. The summed E-state index contributed by atoms with van der Waals surface area (Å²) in [5, 5.41) is 0. The maximum absolute atomic E-state index is 5.23. The number of hydrogen-bond donors (Lipinski definition) is 0. The van der Waals surface area contributed by atoms with Gasteiger partial charge >= 0.3 is 0 Å². The number of rotatable bonds is 0. The lowest BCUT2D eigenvalue weighted by molar-refractivity contribution is 0.378. The van der Waals surface area contributed by atoms with Crippen molar-refractivity contribution in [3.8, 4) is 0 Å². The zero-order valence-corrected chi connectivity index (χ0v) is 5.87. The van der Waals surface area contributed by atoms with Crippen molar-refractivity contribution >= 4 is 6.08 Å². The van der Waals surface area contributed by atoms with Crippen LogP contribution in [-0.4, -0.2) is 11.9 Å². The van der Waals surface area contributed by atoms with Gasteiger partial charge in [0.15, 0.2) is 0 Å². The molecule has 2 heterocycles. The molecule has 52 valence electrons. The Kier molecular flexibility index (Phi) is 1.07. The first-order chi connectivity index (χ1) is 4.86. The van der Waals surface area contributed by atoms with Gasteiger partial charge in [-0.15, -0.1) is 0 Å². The van der Waals surface area contributed by atoms with Gasteiger partial charge in [0.2, 0.25) is 0 Å². The molecule has 2 rings (SSSR count). The van der Waals surface area contributed by atoms with Gasteiger partial charge in [0.1, 0.15) is 5.76 Å². The van der Waals surface area contributed by atoms with E-state index < -0.39 is 0 Å². The Bertz CT molecular complexity index is 262. The highest BCUT2D eigenvalue weighted by molar-refractivity contribution is 5.52. The standard InChI is InChI=1S/C8H9NO/c1-9-4-2-7-3-5-10-8(7)6-9/h2-5H,6H2,1H3. The van der Waals surface area contributed by atoms with E-state index in [-0.39, 0.29) is 0 Å². The van der Waals surface area contributed by atoms with E-state index in [4.69, 9.17) is 4.42 Å². The molecule has 0 fully saturated rings. The lowest BCUT2D eigenvalue weighted by atomic mass is 10.2. The largest absolute Gasteiger partial charge is 0.467 e. The third-order valence-electron chi connectivity index (χ3n) is 1.68. The predicted octanol–water partition coefficient (Wildman–Crippen LogP) is 1.70. The van der Waals surface area contributed by atoms with Crippen LogP contribution in [-0.2, 0) is 6.54 Å². The van der Waals surface area contributed by atoms with Crippen molar-refractivity contribution in [2.45, 2.75) is 6.54 Å². The highest BCUT2D eigenvalue weighted by Crippen LogP contribution is 2.18. The zero-order valence-electron chi connectivity index (χ0n) is 5.87. The summed E-state index contributed by atoms with van der Waals surface area (Å²) in [4.78, 5) is 2.09. The van der Waals surface area contributed by atoms with Gasteiger partial charge in [-0.3, -0.25) is 0 Å². The Labute approximate surface area is 59.7 Å². The van der Waals surface area contributed by atoms with E-state index in [1.54, 1.807) is 6.26 Å². The minimum atomic E-state index is 0.888. The molecule has 10 heavy (non-hydrogen) atoms. The van der Waals surface area contributed by atoms with Crippen LogP contribution in [0.15, 0.2) is 22.9 Å². The molecule has 1 aliphatic heterocycles. The summed E-state index contributed by atoms with van der Waals surface area (Å²) >= 11 is 0. The molecule has 0 saturated heterocycles. The van der Waals surface area contributed by atoms with Crippen LogP contribution < -0.4 is 0 Å². The number of nitrogens with zero attached hydrogens (tertiary/aromatic N) is 1. The molecular weight excluding hydrogens is 126 g/mol. The first kappa shape index (κ1) is 5.59. The maximum Gasteiger partial charge on any atom is 0.130 e. The molecule has 0 unspecified atom stereocenters. The van der Waals surface area contributed by atoms with Gasteiger partial charge in [0.25, 0.3) is 0 Å². The predicted molar refractivity (Wildman–Crippen MR) is 39.2 cm³/mol. The molecule has 0 aliphatic carbocycles. The van der Waals surface area contributed by atoms with Crippen molar-refractivity contribution in [1.29, 1.82) is 0 Å². The monoisotopic (exact) mass is 135 g/mol. The first-order valence-electron chi connectivity index (χ1n) is 3.31. The van der Waals surface area contributed by atoms with E-state index in [0.29, 0.717) is 0 Å². The van der Waals surface area contributed by atoms with Crippen molar-refractivity contribution in [1.82, 2.24) is 4.90 Å². The van der Waals surface area contributed by atoms with E-state index in [0.717, 1.165) is 12.3 Å². The van der Waals surface area contributed by atoms with Gasteiger partial charge in [0.05, 0.1) is 12.8 Å². The summed E-state index contributed by atoms with van der Waals surface area (Å²) in [6, 6.07) is 1.98. The van der Waals surface area contributed by atoms with Crippen LogP contribution in [0.5, 0.6) is 0 Å². The summed E-state index contributed by atoms with van der Waals surface area (Å²) in [6.45, 7) is 0.888. The third-order valence-corrected chi connectivity index (χ3v) is 1.68. The minimum absolute atomic E-state index is 0.888. The van der Waals surface area contributed by atoms with E-state index in [1.807, 2.05) is 13.1 Å². The van der Waals surface area contributed by atoms with Crippen LogP contribution in [0.4, 0.5) is 0 Å². The van der Waals surface area contributed by atoms with Gasteiger partial charge in [-0.2, -0.15) is 0 Å². The SMILES string of the molecule is CN1C=Cc2ccoc2C1. The van der Waals surface area contributed by atoms with Crippen molar-refractivity contribution < 1.29 is 4.42 Å². The summed E-state index contributed by atoms with van der Waals surface area (Å²) < 4.78 is 5.23. The molecule has 0 saturated carbocycles. The van der Waals surface area contributed by atoms with Crippen LogP contribution in [0.1, 0.15) is 11.3 Å². The summed E-state index contributed by atoms with van der Waals surface area (Å²) in [7, 11) is 2.03. The van der Waals surface area contributed by atoms with E-state index >= 15 is 0 Å². The lowest BCUT2D eigenvalue weighted by Gasteiger charge is -2.16. The van der Waals surface area contributed by atoms with E-state index in [9.17, 15) is 0 Å². The molecule has 0 amide bonds. The molecule has 1 aromatic rings. The van der Waals surface area contributed by atoms with Crippen molar-refractivity contribution in [2.75, 3.05) is 7.05 Å². The molecule has 0 aromatic carbocycles. The van der Waals surface area contributed by atoms with E-state index in [2.05, 4.69) is 17.2 Å².